The molecule has 0 N–H and O–H groups in total. The normalized spacial score (nSPS) is 26.7. The number of para-hydroxylation sites is 1. The maximum Gasteiger partial charge on any atom is 0.270 e. The quantitative estimate of drug-likeness (QED) is 0.757. The second-order valence-corrected chi connectivity index (χ2v) is 8.93. The van der Waals surface area contributed by atoms with Gasteiger partial charge in [-0.3, -0.25) is 19.5 Å². The molecule has 1 amide bonds. The highest BCUT2D eigenvalue weighted by atomic mass is 16.2. The van der Waals surface area contributed by atoms with Gasteiger partial charge in [0.2, 0.25) is 0 Å². The molecule has 0 unspecified atom stereocenters. The third kappa shape index (κ3) is 4.27. The topological polar surface area (TPSA) is 59.5 Å². The van der Waals surface area contributed by atoms with Crippen molar-refractivity contribution in [3.63, 3.8) is 0 Å². The first-order valence-corrected chi connectivity index (χ1v) is 11.1. The van der Waals surface area contributed by atoms with E-state index in [1.165, 1.54) is 12.8 Å². The van der Waals surface area contributed by atoms with E-state index in [4.69, 9.17) is 0 Å². The Kier molecular flexibility index (Phi) is 6.20. The minimum atomic E-state index is -0.399. The number of hydrogen-bond acceptors (Lipinski definition) is 6. The molecule has 7 heteroatoms. The molecule has 2 fully saturated rings. The molecule has 3 aliphatic heterocycles. The Hall–Kier alpha value is -2.25. The van der Waals surface area contributed by atoms with E-state index in [1.54, 1.807) is 11.9 Å². The summed E-state index contributed by atoms with van der Waals surface area (Å²) >= 11 is 0. The molecule has 3 aliphatic rings. The van der Waals surface area contributed by atoms with E-state index in [-0.39, 0.29) is 11.7 Å². The molecule has 0 aromatic heterocycles. The fraction of sp³-hybridized carbons (Fsp3) is 0.609. The Labute approximate surface area is 179 Å². The number of hydrogen-bond donors (Lipinski definition) is 0. The largest absolute Gasteiger partial charge is 0.335 e. The van der Waals surface area contributed by atoms with Crippen LogP contribution >= 0.6 is 0 Å². The molecule has 3 heterocycles. The number of hydrazone groups is 1. The highest BCUT2D eigenvalue weighted by molar-refractivity contribution is 6.40. The van der Waals surface area contributed by atoms with E-state index in [1.807, 2.05) is 35.2 Å². The van der Waals surface area contributed by atoms with E-state index in [9.17, 15) is 9.59 Å². The van der Waals surface area contributed by atoms with Crippen LogP contribution in [0.1, 0.15) is 33.1 Å². The Morgan fingerprint density at radius 3 is 2.37 bits per heavy atom. The lowest BCUT2D eigenvalue weighted by Gasteiger charge is -2.46. The van der Waals surface area contributed by atoms with E-state index in [0.29, 0.717) is 24.2 Å². The van der Waals surface area contributed by atoms with Gasteiger partial charge in [0.05, 0.1) is 5.69 Å². The maximum absolute atomic E-state index is 13.2. The van der Waals surface area contributed by atoms with Gasteiger partial charge in [-0.2, -0.15) is 5.10 Å². The van der Waals surface area contributed by atoms with Gasteiger partial charge >= 0.3 is 0 Å². The van der Waals surface area contributed by atoms with Crippen LogP contribution in [0.25, 0.3) is 0 Å². The van der Waals surface area contributed by atoms with E-state index < -0.39 is 6.04 Å². The van der Waals surface area contributed by atoms with Gasteiger partial charge in [-0.15, -0.1) is 0 Å². The average molecular weight is 412 g/mol. The predicted octanol–water partition coefficient (Wildman–Crippen LogP) is 1.84. The fourth-order valence-electron chi connectivity index (χ4n) is 4.98. The van der Waals surface area contributed by atoms with Gasteiger partial charge < -0.3 is 9.80 Å². The van der Waals surface area contributed by atoms with Gasteiger partial charge in [0.1, 0.15) is 11.8 Å². The molecule has 2 saturated heterocycles. The van der Waals surface area contributed by atoms with Crippen LogP contribution < -0.4 is 5.01 Å². The SMILES string of the molecule is CC(=O)[C@H]1CC(C(=O)N2CCN(C3CCN(C)CC3)[C@H](C)C2)=NN1c1ccccc1. The van der Waals surface area contributed by atoms with Crippen molar-refractivity contribution >= 4 is 23.1 Å². The van der Waals surface area contributed by atoms with E-state index in [0.717, 1.165) is 38.4 Å². The smallest absolute Gasteiger partial charge is 0.270 e. The summed E-state index contributed by atoms with van der Waals surface area (Å²) in [5, 5.41) is 6.31. The number of anilines is 1. The van der Waals surface area contributed by atoms with Crippen molar-refractivity contribution in [2.45, 2.75) is 51.2 Å². The highest BCUT2D eigenvalue weighted by Gasteiger charge is 2.38. The monoisotopic (exact) mass is 411 g/mol. The van der Waals surface area contributed by atoms with Crippen LogP contribution in [0.3, 0.4) is 0 Å². The van der Waals surface area contributed by atoms with Crippen LogP contribution in [0.5, 0.6) is 0 Å². The van der Waals surface area contributed by atoms with Crippen molar-refractivity contribution < 1.29 is 9.59 Å². The number of rotatable bonds is 4. The summed E-state index contributed by atoms with van der Waals surface area (Å²) in [6.45, 7) is 8.46. The molecule has 162 valence electrons. The summed E-state index contributed by atoms with van der Waals surface area (Å²) in [5.41, 5.74) is 1.35. The van der Waals surface area contributed by atoms with Gasteiger partial charge in [-0.1, -0.05) is 18.2 Å². The number of amides is 1. The summed E-state index contributed by atoms with van der Waals surface area (Å²) in [6.07, 6.45) is 2.79. The number of piperazine rings is 1. The van der Waals surface area contributed by atoms with Crippen molar-refractivity contribution in [3.05, 3.63) is 30.3 Å². The molecule has 30 heavy (non-hydrogen) atoms. The molecule has 7 nitrogen and oxygen atoms in total. The van der Waals surface area contributed by atoms with Crippen LogP contribution in [0.4, 0.5) is 5.69 Å². The molecule has 0 aliphatic carbocycles. The van der Waals surface area contributed by atoms with Crippen molar-refractivity contribution in [2.24, 2.45) is 5.10 Å². The van der Waals surface area contributed by atoms with Crippen molar-refractivity contribution in [1.82, 2.24) is 14.7 Å². The third-order valence-corrected chi connectivity index (χ3v) is 6.77. The molecule has 1 aromatic carbocycles. The van der Waals surface area contributed by atoms with Crippen molar-refractivity contribution in [1.29, 1.82) is 0 Å². The van der Waals surface area contributed by atoms with Crippen LogP contribution in [0.2, 0.25) is 0 Å². The first-order chi connectivity index (χ1) is 14.4. The number of Topliss-reactive ketones (excluding diaryl/α,β-unsaturated/α-hetero) is 1. The zero-order valence-electron chi connectivity index (χ0n) is 18.3. The standard InChI is InChI=1S/C23H33N5O2/c1-17-16-26(13-14-27(17)19-9-11-25(3)12-10-19)23(30)21-15-22(18(2)29)28(24-21)20-7-5-4-6-8-20/h4-8,17,19,22H,9-16H2,1-3H3/t17-,22-/m1/s1. The molecule has 0 radical (unpaired) electrons. The average Bonchev–Trinajstić information content (AvgIpc) is 3.20. The number of likely N-dealkylation sites (tertiary alicyclic amines) is 1. The van der Waals surface area contributed by atoms with Crippen LogP contribution in [0, 0.1) is 0 Å². The number of piperidine rings is 1. The third-order valence-electron chi connectivity index (χ3n) is 6.77. The minimum Gasteiger partial charge on any atom is -0.335 e. The first-order valence-electron chi connectivity index (χ1n) is 11.1. The zero-order valence-corrected chi connectivity index (χ0v) is 18.3. The molecular weight excluding hydrogens is 378 g/mol. The number of nitrogens with zero attached hydrogens (tertiary/aromatic N) is 5. The Balaban J connectivity index is 1.43. The van der Waals surface area contributed by atoms with Gasteiger partial charge in [0, 0.05) is 38.1 Å². The summed E-state index contributed by atoms with van der Waals surface area (Å²) in [7, 11) is 2.19. The number of ketones is 1. The molecule has 4 rings (SSSR count). The summed E-state index contributed by atoms with van der Waals surface area (Å²) in [5.74, 6) is 0.0143. The van der Waals surface area contributed by atoms with E-state index in [2.05, 4.69) is 28.9 Å². The van der Waals surface area contributed by atoms with E-state index >= 15 is 0 Å². The van der Waals surface area contributed by atoms with Gasteiger partial charge in [0.15, 0.2) is 5.78 Å². The molecule has 0 spiro atoms. The summed E-state index contributed by atoms with van der Waals surface area (Å²) in [6, 6.07) is 10.2. The molecular formula is C23H33N5O2. The number of benzene rings is 1. The second kappa shape index (κ2) is 8.86. The molecule has 1 aromatic rings. The maximum atomic E-state index is 13.2. The molecule has 2 atom stereocenters. The second-order valence-electron chi connectivity index (χ2n) is 8.93. The number of carbonyl (C=O) groups excluding carboxylic acids is 2. The lowest BCUT2D eigenvalue weighted by Crippen LogP contribution is -2.59. The van der Waals surface area contributed by atoms with Crippen molar-refractivity contribution in [3.8, 4) is 0 Å². The van der Waals surface area contributed by atoms with Crippen LogP contribution in [-0.2, 0) is 9.59 Å². The summed E-state index contributed by atoms with van der Waals surface area (Å²) < 4.78 is 0. The zero-order chi connectivity index (χ0) is 21.3. The fourth-order valence-corrected chi connectivity index (χ4v) is 4.98. The lowest BCUT2D eigenvalue weighted by atomic mass is 9.99. The number of carbonyl (C=O) groups is 2. The first kappa shape index (κ1) is 21.0. The predicted molar refractivity (Wildman–Crippen MR) is 119 cm³/mol. The molecule has 0 saturated carbocycles. The lowest BCUT2D eigenvalue weighted by molar-refractivity contribution is -0.127. The van der Waals surface area contributed by atoms with Crippen molar-refractivity contribution in [2.75, 3.05) is 44.8 Å². The van der Waals surface area contributed by atoms with Gasteiger partial charge in [-0.25, -0.2) is 0 Å². The molecule has 0 bridgehead atoms. The van der Waals surface area contributed by atoms with Crippen LogP contribution in [0.15, 0.2) is 35.4 Å². The Morgan fingerprint density at radius 2 is 1.73 bits per heavy atom. The van der Waals surface area contributed by atoms with Gasteiger partial charge in [0.25, 0.3) is 5.91 Å². The Bertz CT molecular complexity index is 803. The summed E-state index contributed by atoms with van der Waals surface area (Å²) in [4.78, 5) is 32.4. The van der Waals surface area contributed by atoms with Gasteiger partial charge in [-0.05, 0) is 59.0 Å². The highest BCUT2D eigenvalue weighted by Crippen LogP contribution is 2.27. The van der Waals surface area contributed by atoms with Crippen LogP contribution in [-0.4, -0.2) is 90.0 Å². The minimum absolute atomic E-state index is 0.0189. The Morgan fingerprint density at radius 1 is 1.03 bits per heavy atom.